The number of hydrazine groups is 1. The van der Waals surface area contributed by atoms with E-state index in [4.69, 9.17) is 5.84 Å². The highest BCUT2D eigenvalue weighted by molar-refractivity contribution is 9.10. The van der Waals surface area contributed by atoms with Gasteiger partial charge in [0.1, 0.15) is 5.82 Å². The van der Waals surface area contributed by atoms with Crippen molar-refractivity contribution in [2.45, 2.75) is 13.8 Å². The maximum Gasteiger partial charge on any atom is 0.255 e. The summed E-state index contributed by atoms with van der Waals surface area (Å²) in [5.74, 6) is 5.59. The molecule has 0 saturated heterocycles. The van der Waals surface area contributed by atoms with Crippen molar-refractivity contribution in [3.8, 4) is 0 Å². The zero-order valence-corrected chi connectivity index (χ0v) is 12.8. The molecule has 4 N–H and O–H groups in total. The van der Waals surface area contributed by atoms with E-state index in [9.17, 15) is 4.79 Å². The van der Waals surface area contributed by atoms with Crippen LogP contribution in [0.25, 0.3) is 0 Å². The molecular formula is C14H15BrN4O. The first kappa shape index (κ1) is 14.5. The third-order valence-corrected chi connectivity index (χ3v) is 3.67. The van der Waals surface area contributed by atoms with E-state index in [1.165, 1.54) is 0 Å². The summed E-state index contributed by atoms with van der Waals surface area (Å²) in [6.07, 6.45) is 0. The highest BCUT2D eigenvalue weighted by atomic mass is 79.9. The first-order valence-corrected chi connectivity index (χ1v) is 6.81. The normalized spacial score (nSPS) is 10.2. The summed E-state index contributed by atoms with van der Waals surface area (Å²) in [6, 6.07) is 8.95. The smallest absolute Gasteiger partial charge is 0.255 e. The summed E-state index contributed by atoms with van der Waals surface area (Å²) in [7, 11) is 0. The number of amides is 1. The van der Waals surface area contributed by atoms with E-state index in [0.717, 1.165) is 21.4 Å². The highest BCUT2D eigenvalue weighted by Gasteiger charge is 2.09. The van der Waals surface area contributed by atoms with Gasteiger partial charge in [0.2, 0.25) is 0 Å². The van der Waals surface area contributed by atoms with Crippen LogP contribution in [0.3, 0.4) is 0 Å². The summed E-state index contributed by atoms with van der Waals surface area (Å²) >= 11 is 3.43. The number of nitrogens with two attached hydrogens (primary N) is 1. The minimum absolute atomic E-state index is 0.200. The number of hydrogen-bond acceptors (Lipinski definition) is 4. The SMILES string of the molecule is Cc1cc(C(=O)Nc2ccc(Br)c(C)c2)cc(NN)n1. The minimum Gasteiger partial charge on any atom is -0.322 e. The Kier molecular flexibility index (Phi) is 4.36. The van der Waals surface area contributed by atoms with Gasteiger partial charge in [-0.25, -0.2) is 10.8 Å². The predicted molar refractivity (Wildman–Crippen MR) is 83.6 cm³/mol. The Morgan fingerprint density at radius 3 is 2.65 bits per heavy atom. The average molecular weight is 335 g/mol. The van der Waals surface area contributed by atoms with Crippen molar-refractivity contribution >= 4 is 33.3 Å². The number of nitrogens with zero attached hydrogens (tertiary/aromatic N) is 1. The third kappa shape index (κ3) is 3.34. The number of carbonyl (C=O) groups is 1. The molecule has 1 heterocycles. The van der Waals surface area contributed by atoms with Crippen LogP contribution in [0.2, 0.25) is 0 Å². The van der Waals surface area contributed by atoms with Crippen molar-refractivity contribution in [2.75, 3.05) is 10.7 Å². The van der Waals surface area contributed by atoms with E-state index in [2.05, 4.69) is 31.7 Å². The van der Waals surface area contributed by atoms with Crippen LogP contribution < -0.4 is 16.6 Å². The van der Waals surface area contributed by atoms with Gasteiger partial charge in [-0.05, 0) is 49.7 Å². The van der Waals surface area contributed by atoms with E-state index in [1.807, 2.05) is 25.1 Å². The number of aryl methyl sites for hydroxylation is 2. The number of hydrogen-bond donors (Lipinski definition) is 3. The molecule has 0 unspecified atom stereocenters. The predicted octanol–water partition coefficient (Wildman–Crippen LogP) is 3.00. The Morgan fingerprint density at radius 2 is 2.00 bits per heavy atom. The van der Waals surface area contributed by atoms with Gasteiger partial charge >= 0.3 is 0 Å². The van der Waals surface area contributed by atoms with E-state index < -0.39 is 0 Å². The van der Waals surface area contributed by atoms with Crippen LogP contribution in [0, 0.1) is 13.8 Å². The zero-order chi connectivity index (χ0) is 14.7. The Labute approximate surface area is 125 Å². The fourth-order valence-electron chi connectivity index (χ4n) is 1.80. The molecule has 6 heteroatoms. The summed E-state index contributed by atoms with van der Waals surface area (Å²) < 4.78 is 1.00. The molecule has 0 radical (unpaired) electrons. The number of nitrogens with one attached hydrogen (secondary N) is 2. The van der Waals surface area contributed by atoms with Gasteiger partial charge in [0.05, 0.1) is 0 Å². The Balaban J connectivity index is 2.23. The van der Waals surface area contributed by atoms with Gasteiger partial charge in [0, 0.05) is 21.4 Å². The van der Waals surface area contributed by atoms with E-state index in [0.29, 0.717) is 11.4 Å². The van der Waals surface area contributed by atoms with Gasteiger partial charge in [0.25, 0.3) is 5.91 Å². The molecule has 0 bridgehead atoms. The molecule has 2 aromatic rings. The topological polar surface area (TPSA) is 80.0 Å². The molecule has 0 spiro atoms. The molecule has 1 aromatic carbocycles. The maximum atomic E-state index is 12.2. The van der Waals surface area contributed by atoms with Gasteiger partial charge in [0.15, 0.2) is 0 Å². The lowest BCUT2D eigenvalue weighted by molar-refractivity contribution is 0.102. The second-order valence-corrected chi connectivity index (χ2v) is 5.30. The van der Waals surface area contributed by atoms with Crippen LogP contribution in [0.4, 0.5) is 11.5 Å². The van der Waals surface area contributed by atoms with Crippen LogP contribution in [-0.4, -0.2) is 10.9 Å². The van der Waals surface area contributed by atoms with Gasteiger partial charge in [-0.3, -0.25) is 4.79 Å². The van der Waals surface area contributed by atoms with Crippen molar-refractivity contribution in [2.24, 2.45) is 5.84 Å². The van der Waals surface area contributed by atoms with Crippen LogP contribution in [0.5, 0.6) is 0 Å². The number of pyridine rings is 1. The minimum atomic E-state index is -0.200. The van der Waals surface area contributed by atoms with Crippen molar-refractivity contribution in [1.82, 2.24) is 4.98 Å². The average Bonchev–Trinajstić information content (AvgIpc) is 2.42. The van der Waals surface area contributed by atoms with Gasteiger partial charge in [-0.2, -0.15) is 0 Å². The fourth-order valence-corrected chi connectivity index (χ4v) is 2.05. The Morgan fingerprint density at radius 1 is 1.25 bits per heavy atom. The highest BCUT2D eigenvalue weighted by Crippen LogP contribution is 2.20. The number of rotatable bonds is 3. The van der Waals surface area contributed by atoms with Crippen molar-refractivity contribution in [3.63, 3.8) is 0 Å². The first-order chi connectivity index (χ1) is 9.49. The van der Waals surface area contributed by atoms with E-state index in [-0.39, 0.29) is 5.91 Å². The van der Waals surface area contributed by atoms with Crippen molar-refractivity contribution < 1.29 is 4.79 Å². The number of halogens is 1. The molecule has 0 atom stereocenters. The third-order valence-electron chi connectivity index (χ3n) is 2.78. The Hall–Kier alpha value is -1.92. The molecule has 1 aromatic heterocycles. The van der Waals surface area contributed by atoms with Crippen LogP contribution >= 0.6 is 15.9 Å². The number of aromatic nitrogens is 1. The quantitative estimate of drug-likeness (QED) is 0.595. The molecule has 0 aliphatic carbocycles. The van der Waals surface area contributed by atoms with Crippen LogP contribution in [-0.2, 0) is 0 Å². The monoisotopic (exact) mass is 334 g/mol. The van der Waals surface area contributed by atoms with Crippen LogP contribution in [0.15, 0.2) is 34.8 Å². The standard InChI is InChI=1S/C14H15BrN4O/c1-8-5-11(3-4-12(8)15)18-14(20)10-6-9(2)17-13(7-10)19-16/h3-7H,16H2,1-2H3,(H,17,19)(H,18,20). The summed E-state index contributed by atoms with van der Waals surface area (Å²) in [6.45, 7) is 3.77. The summed E-state index contributed by atoms with van der Waals surface area (Å²) in [5, 5.41) is 2.85. The fraction of sp³-hybridized carbons (Fsp3) is 0.143. The van der Waals surface area contributed by atoms with E-state index >= 15 is 0 Å². The summed E-state index contributed by atoms with van der Waals surface area (Å²) in [5.41, 5.74) is 5.47. The van der Waals surface area contributed by atoms with Gasteiger partial charge in [-0.1, -0.05) is 15.9 Å². The molecule has 104 valence electrons. The second kappa shape index (κ2) is 6.02. The lowest BCUT2D eigenvalue weighted by Gasteiger charge is -2.09. The molecule has 0 aliphatic rings. The number of carbonyl (C=O) groups excluding carboxylic acids is 1. The molecule has 1 amide bonds. The van der Waals surface area contributed by atoms with E-state index in [1.54, 1.807) is 19.1 Å². The second-order valence-electron chi connectivity index (χ2n) is 4.44. The van der Waals surface area contributed by atoms with Gasteiger partial charge in [-0.15, -0.1) is 0 Å². The van der Waals surface area contributed by atoms with Gasteiger partial charge < -0.3 is 10.7 Å². The molecule has 20 heavy (non-hydrogen) atoms. The van der Waals surface area contributed by atoms with Crippen molar-refractivity contribution in [1.29, 1.82) is 0 Å². The lowest BCUT2D eigenvalue weighted by Crippen LogP contribution is -2.15. The molecule has 5 nitrogen and oxygen atoms in total. The zero-order valence-electron chi connectivity index (χ0n) is 11.2. The molecule has 0 fully saturated rings. The summed E-state index contributed by atoms with van der Waals surface area (Å²) in [4.78, 5) is 16.4. The molecular weight excluding hydrogens is 320 g/mol. The largest absolute Gasteiger partial charge is 0.322 e. The number of anilines is 2. The Bertz CT molecular complexity index is 658. The molecule has 0 saturated carbocycles. The first-order valence-electron chi connectivity index (χ1n) is 6.02. The maximum absolute atomic E-state index is 12.2. The van der Waals surface area contributed by atoms with Crippen LogP contribution in [0.1, 0.15) is 21.6 Å². The molecule has 0 aliphatic heterocycles. The number of benzene rings is 1. The van der Waals surface area contributed by atoms with Crippen molar-refractivity contribution in [3.05, 3.63) is 51.6 Å². The molecule has 2 rings (SSSR count). The number of nitrogen functional groups attached to an aromatic ring is 1. The lowest BCUT2D eigenvalue weighted by atomic mass is 10.2.